The first-order chi connectivity index (χ1) is 15.5. The second-order valence-electron chi connectivity index (χ2n) is 8.27. The van der Waals surface area contributed by atoms with E-state index in [4.69, 9.17) is 5.10 Å². The average Bonchev–Trinajstić information content (AvgIpc) is 3.45. The highest BCUT2D eigenvalue weighted by molar-refractivity contribution is 6.04. The number of aliphatic hydroxyl groups is 1. The Bertz CT molecular complexity index is 1270. The maximum atomic E-state index is 13.0. The number of fused-ring (bicyclic) bond motifs is 1. The van der Waals surface area contributed by atoms with Crippen LogP contribution in [0.4, 0.5) is 5.69 Å². The predicted molar refractivity (Wildman–Crippen MR) is 117 cm³/mol. The SMILES string of the molecule is Cc1cccc(C(=O)Nc2cc3cn(C4CCC(O)CC4)nc3cc2-n2cccn2)[n+]1O. The number of benzene rings is 1. The van der Waals surface area contributed by atoms with Crippen molar-refractivity contribution >= 4 is 22.5 Å². The van der Waals surface area contributed by atoms with E-state index in [1.54, 1.807) is 42.2 Å². The molecule has 0 bridgehead atoms. The van der Waals surface area contributed by atoms with Gasteiger partial charge in [-0.2, -0.15) is 10.2 Å². The van der Waals surface area contributed by atoms with Crippen molar-refractivity contribution in [2.24, 2.45) is 0 Å². The number of anilines is 1. The number of amides is 1. The van der Waals surface area contributed by atoms with Crippen LogP contribution < -0.4 is 10.0 Å². The maximum Gasteiger partial charge on any atom is 0.325 e. The molecule has 3 heterocycles. The van der Waals surface area contributed by atoms with Gasteiger partial charge in [-0.3, -0.25) is 14.7 Å². The van der Waals surface area contributed by atoms with Gasteiger partial charge in [0.05, 0.1) is 29.0 Å². The predicted octanol–water partition coefficient (Wildman–Crippen LogP) is 2.78. The Morgan fingerprint density at radius 3 is 2.75 bits per heavy atom. The van der Waals surface area contributed by atoms with Gasteiger partial charge in [-0.05, 0) is 49.9 Å². The van der Waals surface area contributed by atoms with Crippen LogP contribution in [0.1, 0.15) is 47.9 Å². The van der Waals surface area contributed by atoms with Crippen molar-refractivity contribution in [2.45, 2.75) is 44.8 Å². The molecule has 1 saturated carbocycles. The molecule has 1 aliphatic carbocycles. The van der Waals surface area contributed by atoms with E-state index in [1.807, 2.05) is 29.1 Å². The van der Waals surface area contributed by atoms with Crippen molar-refractivity contribution < 1.29 is 19.8 Å². The lowest BCUT2D eigenvalue weighted by Crippen LogP contribution is -2.42. The first kappa shape index (κ1) is 20.2. The molecule has 5 rings (SSSR count). The molecular formula is C23H25N6O3+. The van der Waals surface area contributed by atoms with Crippen molar-refractivity contribution in [3.05, 3.63) is 66.4 Å². The van der Waals surface area contributed by atoms with Gasteiger partial charge in [0.2, 0.25) is 5.69 Å². The minimum Gasteiger partial charge on any atom is -0.393 e. The summed E-state index contributed by atoms with van der Waals surface area (Å²) in [6, 6.07) is 10.8. The molecule has 0 unspecified atom stereocenters. The zero-order chi connectivity index (χ0) is 22.2. The largest absolute Gasteiger partial charge is 0.393 e. The summed E-state index contributed by atoms with van der Waals surface area (Å²) >= 11 is 0. The molecule has 0 saturated heterocycles. The number of rotatable bonds is 4. The first-order valence-corrected chi connectivity index (χ1v) is 10.7. The van der Waals surface area contributed by atoms with E-state index in [1.165, 1.54) is 0 Å². The van der Waals surface area contributed by atoms with Crippen LogP contribution in [0.2, 0.25) is 0 Å². The van der Waals surface area contributed by atoms with E-state index >= 15 is 0 Å². The number of carbonyl (C=O) groups excluding carboxylic acids is 1. The van der Waals surface area contributed by atoms with Crippen LogP contribution in [-0.4, -0.2) is 41.9 Å². The van der Waals surface area contributed by atoms with Crippen LogP contribution in [0.25, 0.3) is 16.6 Å². The van der Waals surface area contributed by atoms with Gasteiger partial charge in [-0.1, -0.05) is 0 Å². The number of nitrogens with one attached hydrogen (secondary N) is 1. The lowest BCUT2D eigenvalue weighted by molar-refractivity contribution is -0.909. The van der Waals surface area contributed by atoms with E-state index in [0.717, 1.165) is 41.3 Å². The molecule has 1 amide bonds. The second-order valence-corrected chi connectivity index (χ2v) is 8.27. The fourth-order valence-electron chi connectivity index (χ4n) is 4.26. The van der Waals surface area contributed by atoms with Crippen LogP contribution in [0.3, 0.4) is 0 Å². The van der Waals surface area contributed by atoms with E-state index in [2.05, 4.69) is 10.4 Å². The van der Waals surface area contributed by atoms with Crippen LogP contribution in [0.15, 0.2) is 55.0 Å². The Morgan fingerprint density at radius 2 is 2.00 bits per heavy atom. The average molecular weight is 433 g/mol. The fraction of sp³-hybridized carbons (Fsp3) is 0.304. The molecule has 0 spiro atoms. The summed E-state index contributed by atoms with van der Waals surface area (Å²) < 4.78 is 4.52. The van der Waals surface area contributed by atoms with E-state index < -0.39 is 5.91 Å². The summed E-state index contributed by atoms with van der Waals surface area (Å²) in [5, 5.41) is 33.0. The molecule has 1 fully saturated rings. The molecule has 1 aliphatic rings. The number of hydrogen-bond acceptors (Lipinski definition) is 5. The third kappa shape index (κ3) is 3.71. The zero-order valence-corrected chi connectivity index (χ0v) is 17.7. The number of nitrogens with zero attached hydrogens (tertiary/aromatic N) is 5. The molecular weight excluding hydrogens is 408 g/mol. The molecule has 0 aliphatic heterocycles. The molecule has 32 heavy (non-hydrogen) atoms. The summed E-state index contributed by atoms with van der Waals surface area (Å²) in [7, 11) is 0. The van der Waals surface area contributed by atoms with Gasteiger partial charge in [-0.25, -0.2) is 4.68 Å². The Morgan fingerprint density at radius 1 is 1.19 bits per heavy atom. The maximum absolute atomic E-state index is 13.0. The summed E-state index contributed by atoms with van der Waals surface area (Å²) in [6.45, 7) is 1.72. The lowest BCUT2D eigenvalue weighted by atomic mass is 9.93. The Labute approximate surface area is 184 Å². The third-order valence-corrected chi connectivity index (χ3v) is 6.07. The van der Waals surface area contributed by atoms with Crippen LogP contribution in [-0.2, 0) is 0 Å². The van der Waals surface area contributed by atoms with Gasteiger partial charge in [0, 0.05) is 47.8 Å². The van der Waals surface area contributed by atoms with Crippen molar-refractivity contribution in [3.8, 4) is 5.69 Å². The van der Waals surface area contributed by atoms with Gasteiger partial charge in [0.15, 0.2) is 0 Å². The van der Waals surface area contributed by atoms with E-state index in [-0.39, 0.29) is 17.8 Å². The molecule has 0 atom stereocenters. The zero-order valence-electron chi connectivity index (χ0n) is 17.7. The smallest absolute Gasteiger partial charge is 0.325 e. The minimum absolute atomic E-state index is 0.132. The minimum atomic E-state index is -0.433. The molecule has 4 aromatic rings. The highest BCUT2D eigenvalue weighted by Gasteiger charge is 2.25. The summed E-state index contributed by atoms with van der Waals surface area (Å²) in [5.74, 6) is -0.433. The van der Waals surface area contributed by atoms with Crippen LogP contribution in [0, 0.1) is 6.92 Å². The van der Waals surface area contributed by atoms with Gasteiger partial charge in [0.1, 0.15) is 0 Å². The van der Waals surface area contributed by atoms with Crippen molar-refractivity contribution in [1.82, 2.24) is 19.6 Å². The lowest BCUT2D eigenvalue weighted by Gasteiger charge is -2.25. The molecule has 1 aromatic carbocycles. The van der Waals surface area contributed by atoms with Gasteiger partial charge < -0.3 is 10.4 Å². The van der Waals surface area contributed by atoms with Crippen molar-refractivity contribution in [3.63, 3.8) is 0 Å². The summed E-state index contributed by atoms with van der Waals surface area (Å²) in [4.78, 5) is 13.0. The molecule has 3 aromatic heterocycles. The normalized spacial score (nSPS) is 18.7. The Hall–Kier alpha value is -3.72. The number of aliphatic hydroxyl groups excluding tert-OH is 1. The molecule has 164 valence electrons. The number of pyridine rings is 1. The number of carbonyl (C=O) groups is 1. The standard InChI is InChI=1S/C23H24N6O3/c1-15-4-2-5-21(29(15)32)23(31)25-20-12-16-14-28(17-6-8-18(30)9-7-17)26-19(16)13-22(20)27-11-3-10-24-27/h2-5,10-14,17-18,30H,6-9H2,1H3,(H-,25,31,32)/p+1. The Kier molecular flexibility index (Phi) is 5.10. The highest BCUT2D eigenvalue weighted by atomic mass is 16.5. The van der Waals surface area contributed by atoms with E-state index in [9.17, 15) is 15.1 Å². The van der Waals surface area contributed by atoms with Gasteiger partial charge >= 0.3 is 11.6 Å². The molecule has 0 radical (unpaired) electrons. The number of aryl methyl sites for hydroxylation is 1. The first-order valence-electron chi connectivity index (χ1n) is 10.7. The van der Waals surface area contributed by atoms with Crippen LogP contribution >= 0.6 is 0 Å². The topological polar surface area (TPSA) is 109 Å². The summed E-state index contributed by atoms with van der Waals surface area (Å²) in [5.41, 5.74) is 2.73. The highest BCUT2D eigenvalue weighted by Crippen LogP contribution is 2.32. The van der Waals surface area contributed by atoms with Gasteiger partial charge in [0.25, 0.3) is 0 Å². The molecule has 9 nitrogen and oxygen atoms in total. The monoisotopic (exact) mass is 433 g/mol. The molecule has 9 heteroatoms. The third-order valence-electron chi connectivity index (χ3n) is 6.07. The Balaban J connectivity index is 1.53. The summed E-state index contributed by atoms with van der Waals surface area (Å²) in [6.07, 6.45) is 8.55. The molecule has 3 N–H and O–H groups in total. The van der Waals surface area contributed by atoms with E-state index in [0.29, 0.717) is 17.1 Å². The van der Waals surface area contributed by atoms with Gasteiger partial charge in [-0.15, -0.1) is 0 Å². The number of aromatic nitrogens is 5. The second kappa shape index (κ2) is 8.08. The number of hydrogen-bond donors (Lipinski definition) is 3. The van der Waals surface area contributed by atoms with Crippen molar-refractivity contribution in [2.75, 3.05) is 5.32 Å². The van der Waals surface area contributed by atoms with Crippen molar-refractivity contribution in [1.29, 1.82) is 0 Å². The quantitative estimate of drug-likeness (QED) is 0.339. The van der Waals surface area contributed by atoms with Crippen LogP contribution in [0.5, 0.6) is 0 Å². The fourth-order valence-corrected chi connectivity index (χ4v) is 4.26.